The van der Waals surface area contributed by atoms with Gasteiger partial charge in [-0.25, -0.2) is 0 Å². The van der Waals surface area contributed by atoms with Gasteiger partial charge < -0.3 is 15.2 Å². The molecular weight excluding hydrogens is 235 g/mol. The van der Waals surface area contributed by atoms with Crippen LogP contribution < -0.4 is 10.1 Å². The van der Waals surface area contributed by atoms with Crippen LogP contribution in [0.4, 0.5) is 13.2 Å². The van der Waals surface area contributed by atoms with Crippen molar-refractivity contribution < 1.29 is 23.0 Å². The van der Waals surface area contributed by atoms with E-state index in [1.165, 1.54) is 18.2 Å². The Labute approximate surface area is 97.2 Å². The molecule has 0 radical (unpaired) electrons. The summed E-state index contributed by atoms with van der Waals surface area (Å²) in [6.07, 6.45) is -5.24. The molecule has 0 amide bonds. The Hall–Kier alpha value is -1.27. The number of nitrogens with one attached hydrogen (secondary N) is 1. The fourth-order valence-electron chi connectivity index (χ4n) is 1.29. The van der Waals surface area contributed by atoms with Gasteiger partial charge in [-0.15, -0.1) is 13.2 Å². The number of benzene rings is 1. The van der Waals surface area contributed by atoms with Crippen LogP contribution in [0.25, 0.3) is 0 Å². The topological polar surface area (TPSA) is 41.5 Å². The van der Waals surface area contributed by atoms with Gasteiger partial charge in [0.1, 0.15) is 5.75 Å². The number of ether oxygens (including phenoxy) is 1. The molecule has 0 saturated carbocycles. The summed E-state index contributed by atoms with van der Waals surface area (Å²) in [6, 6.07) is 5.89. The zero-order chi connectivity index (χ0) is 12.9. The first-order valence-electron chi connectivity index (χ1n) is 5.11. The van der Waals surface area contributed by atoms with Crippen molar-refractivity contribution in [2.45, 2.75) is 25.9 Å². The number of halogens is 3. The zero-order valence-electron chi connectivity index (χ0n) is 9.29. The van der Waals surface area contributed by atoms with Crippen LogP contribution in [0.5, 0.6) is 5.75 Å². The number of alkyl halides is 3. The molecule has 0 saturated heterocycles. The molecule has 2 N–H and O–H groups in total. The molecule has 1 unspecified atom stereocenters. The predicted octanol–water partition coefficient (Wildman–Crippen LogP) is 2.06. The Balaban J connectivity index is 2.64. The highest BCUT2D eigenvalue weighted by molar-refractivity contribution is 5.33. The Kier molecular flexibility index (Phi) is 4.77. The smallest absolute Gasteiger partial charge is 0.405 e. The molecule has 1 aromatic rings. The van der Waals surface area contributed by atoms with Gasteiger partial charge in [0, 0.05) is 18.7 Å². The summed E-state index contributed by atoms with van der Waals surface area (Å²) in [4.78, 5) is 0. The van der Waals surface area contributed by atoms with Crippen molar-refractivity contribution in [3.63, 3.8) is 0 Å². The first-order valence-corrected chi connectivity index (χ1v) is 5.11. The van der Waals surface area contributed by atoms with Crippen LogP contribution >= 0.6 is 0 Å². The minimum atomic E-state index is -4.69. The van der Waals surface area contributed by atoms with E-state index < -0.39 is 12.5 Å². The highest BCUT2D eigenvalue weighted by atomic mass is 19.4. The molecule has 1 rings (SSSR count). The molecule has 1 aromatic carbocycles. The second-order valence-electron chi connectivity index (χ2n) is 3.64. The van der Waals surface area contributed by atoms with E-state index in [0.29, 0.717) is 12.1 Å². The predicted molar refractivity (Wildman–Crippen MR) is 56.5 cm³/mol. The van der Waals surface area contributed by atoms with Crippen molar-refractivity contribution in [1.82, 2.24) is 5.32 Å². The van der Waals surface area contributed by atoms with Crippen LogP contribution in [0.3, 0.4) is 0 Å². The molecule has 0 aromatic heterocycles. The van der Waals surface area contributed by atoms with E-state index in [2.05, 4.69) is 10.1 Å². The van der Waals surface area contributed by atoms with Crippen molar-refractivity contribution in [1.29, 1.82) is 0 Å². The maximum absolute atomic E-state index is 12.1. The van der Waals surface area contributed by atoms with E-state index in [0.717, 1.165) is 0 Å². The second-order valence-corrected chi connectivity index (χ2v) is 3.64. The lowest BCUT2D eigenvalue weighted by Gasteiger charge is -2.14. The lowest BCUT2D eigenvalue weighted by molar-refractivity contribution is -0.274. The summed E-state index contributed by atoms with van der Waals surface area (Å²) in [5.41, 5.74) is 0.394. The summed E-state index contributed by atoms with van der Waals surface area (Å²) < 4.78 is 40.2. The molecule has 0 heterocycles. The van der Waals surface area contributed by atoms with Crippen molar-refractivity contribution in [2.24, 2.45) is 0 Å². The number of rotatable bonds is 5. The van der Waals surface area contributed by atoms with E-state index in [1.807, 2.05) is 0 Å². The van der Waals surface area contributed by atoms with Crippen LogP contribution in [-0.2, 0) is 6.54 Å². The van der Waals surface area contributed by atoms with E-state index in [1.54, 1.807) is 13.0 Å². The third-order valence-corrected chi connectivity index (χ3v) is 1.95. The third kappa shape index (κ3) is 5.55. The average molecular weight is 249 g/mol. The van der Waals surface area contributed by atoms with Gasteiger partial charge in [-0.3, -0.25) is 0 Å². The Morgan fingerprint density at radius 2 is 2.00 bits per heavy atom. The maximum atomic E-state index is 12.1. The Morgan fingerprint density at radius 1 is 1.35 bits per heavy atom. The standard InChI is InChI=1S/C11H14F3NO2/c1-8(16)6-15-7-9-4-2-3-5-10(9)17-11(12,13)14/h2-5,8,15-16H,6-7H2,1H3. The van der Waals surface area contributed by atoms with Crippen LogP contribution in [-0.4, -0.2) is 24.1 Å². The van der Waals surface area contributed by atoms with E-state index >= 15 is 0 Å². The monoisotopic (exact) mass is 249 g/mol. The molecule has 0 bridgehead atoms. The summed E-state index contributed by atoms with van der Waals surface area (Å²) in [5.74, 6) is -0.224. The van der Waals surface area contributed by atoms with Gasteiger partial charge in [0.25, 0.3) is 0 Å². The van der Waals surface area contributed by atoms with Crippen LogP contribution in [0.2, 0.25) is 0 Å². The number of hydrogen-bond donors (Lipinski definition) is 2. The van der Waals surface area contributed by atoms with Crippen molar-refractivity contribution in [2.75, 3.05) is 6.54 Å². The molecule has 6 heteroatoms. The lowest BCUT2D eigenvalue weighted by atomic mass is 10.2. The Bertz CT molecular complexity index is 353. The molecule has 96 valence electrons. The molecule has 0 aliphatic heterocycles. The minimum Gasteiger partial charge on any atom is -0.405 e. The lowest BCUT2D eigenvalue weighted by Crippen LogP contribution is -2.25. The Morgan fingerprint density at radius 3 is 2.59 bits per heavy atom. The first-order chi connectivity index (χ1) is 7.88. The van der Waals surface area contributed by atoms with Crippen molar-refractivity contribution in [3.05, 3.63) is 29.8 Å². The molecule has 0 spiro atoms. The molecule has 0 aliphatic rings. The number of hydrogen-bond acceptors (Lipinski definition) is 3. The SMILES string of the molecule is CC(O)CNCc1ccccc1OC(F)(F)F. The van der Waals surface area contributed by atoms with Gasteiger partial charge in [0.2, 0.25) is 0 Å². The van der Waals surface area contributed by atoms with Crippen LogP contribution in [0.1, 0.15) is 12.5 Å². The van der Waals surface area contributed by atoms with Gasteiger partial charge in [-0.05, 0) is 13.0 Å². The van der Waals surface area contributed by atoms with Gasteiger partial charge in [-0.1, -0.05) is 18.2 Å². The maximum Gasteiger partial charge on any atom is 0.573 e. The van der Waals surface area contributed by atoms with Crippen LogP contribution in [0, 0.1) is 0 Å². The molecular formula is C11H14F3NO2. The summed E-state index contributed by atoms with van der Waals surface area (Å²) in [7, 11) is 0. The van der Waals surface area contributed by atoms with Crippen LogP contribution in [0.15, 0.2) is 24.3 Å². The number of aliphatic hydroxyl groups is 1. The third-order valence-electron chi connectivity index (χ3n) is 1.95. The van der Waals surface area contributed by atoms with Gasteiger partial charge in [0.15, 0.2) is 0 Å². The largest absolute Gasteiger partial charge is 0.573 e. The average Bonchev–Trinajstić information content (AvgIpc) is 2.17. The zero-order valence-corrected chi connectivity index (χ0v) is 9.29. The number of para-hydroxylation sites is 1. The van der Waals surface area contributed by atoms with Crippen molar-refractivity contribution >= 4 is 0 Å². The fourth-order valence-corrected chi connectivity index (χ4v) is 1.29. The molecule has 1 atom stereocenters. The van der Waals surface area contributed by atoms with Gasteiger partial charge in [-0.2, -0.15) is 0 Å². The summed E-state index contributed by atoms with van der Waals surface area (Å²) >= 11 is 0. The minimum absolute atomic E-state index is 0.206. The fraction of sp³-hybridized carbons (Fsp3) is 0.455. The highest BCUT2D eigenvalue weighted by Crippen LogP contribution is 2.25. The van der Waals surface area contributed by atoms with Crippen molar-refractivity contribution in [3.8, 4) is 5.75 Å². The second kappa shape index (κ2) is 5.88. The highest BCUT2D eigenvalue weighted by Gasteiger charge is 2.31. The summed E-state index contributed by atoms with van der Waals surface area (Å²) in [5, 5.41) is 11.8. The van der Waals surface area contributed by atoms with Gasteiger partial charge in [0.05, 0.1) is 6.10 Å². The molecule has 17 heavy (non-hydrogen) atoms. The molecule has 3 nitrogen and oxygen atoms in total. The van der Waals surface area contributed by atoms with E-state index in [4.69, 9.17) is 5.11 Å². The normalized spacial score (nSPS) is 13.5. The van der Waals surface area contributed by atoms with E-state index in [-0.39, 0.29) is 12.3 Å². The van der Waals surface area contributed by atoms with Gasteiger partial charge >= 0.3 is 6.36 Å². The molecule has 0 aliphatic carbocycles. The van der Waals surface area contributed by atoms with E-state index in [9.17, 15) is 13.2 Å². The first kappa shape index (κ1) is 13.8. The molecule has 0 fully saturated rings. The summed E-state index contributed by atoms with van der Waals surface area (Å²) in [6.45, 7) is 2.10. The quantitative estimate of drug-likeness (QED) is 0.839. The number of aliphatic hydroxyl groups excluding tert-OH is 1.